The van der Waals surface area contributed by atoms with Crippen LogP contribution >= 0.6 is 0 Å². The Balaban J connectivity index is 1.54. The highest BCUT2D eigenvalue weighted by Crippen LogP contribution is 2.33. The molecule has 2 aliphatic rings. The molecular weight excluding hydrogens is 309 g/mol. The van der Waals surface area contributed by atoms with E-state index in [0.29, 0.717) is 6.61 Å². The van der Waals surface area contributed by atoms with Gasteiger partial charge in [-0.05, 0) is 42.7 Å². The fourth-order valence-electron chi connectivity index (χ4n) is 3.63. The number of hydrogen-bond donors (Lipinski definition) is 0. The lowest BCUT2D eigenvalue weighted by atomic mass is 10.1. The van der Waals surface area contributed by atoms with E-state index in [1.165, 1.54) is 11.6 Å². The Morgan fingerprint density at radius 2 is 2.08 bits per heavy atom. The van der Waals surface area contributed by atoms with Gasteiger partial charge in [0.2, 0.25) is 0 Å². The molecule has 1 aliphatic carbocycles. The highest BCUT2D eigenvalue weighted by molar-refractivity contribution is 5.15. The zero-order valence-corrected chi connectivity index (χ0v) is 13.3. The van der Waals surface area contributed by atoms with Crippen molar-refractivity contribution in [3.63, 3.8) is 0 Å². The molecular formula is C18H20FN3O2. The minimum absolute atomic E-state index is 0.00107. The Morgan fingerprint density at radius 1 is 1.21 bits per heavy atom. The number of ether oxygens (including phenoxy) is 2. The van der Waals surface area contributed by atoms with Gasteiger partial charge in [-0.25, -0.2) is 9.37 Å². The molecule has 4 rings (SSSR count). The fourth-order valence-corrected chi connectivity index (χ4v) is 3.63. The first-order valence-corrected chi connectivity index (χ1v) is 8.33. The van der Waals surface area contributed by atoms with Gasteiger partial charge in [0.05, 0.1) is 12.7 Å². The van der Waals surface area contributed by atoms with E-state index in [1.807, 2.05) is 12.1 Å². The minimum Gasteiger partial charge on any atom is -0.468 e. The van der Waals surface area contributed by atoms with Gasteiger partial charge < -0.3 is 9.47 Å². The molecule has 1 aliphatic heterocycles. The Morgan fingerprint density at radius 3 is 2.92 bits per heavy atom. The molecule has 1 saturated heterocycles. The van der Waals surface area contributed by atoms with Crippen molar-refractivity contribution in [2.24, 2.45) is 0 Å². The second-order valence-electron chi connectivity index (χ2n) is 6.25. The Kier molecular flexibility index (Phi) is 4.40. The molecule has 3 atom stereocenters. The quantitative estimate of drug-likeness (QED) is 0.862. The summed E-state index contributed by atoms with van der Waals surface area (Å²) in [5.74, 6) is -0.365. The van der Waals surface area contributed by atoms with Gasteiger partial charge in [0.25, 0.3) is 5.88 Å². The van der Waals surface area contributed by atoms with Gasteiger partial charge in [-0.15, -0.1) is 0 Å². The summed E-state index contributed by atoms with van der Waals surface area (Å²) in [5.41, 5.74) is 1.21. The van der Waals surface area contributed by atoms with E-state index < -0.39 is 5.82 Å². The van der Waals surface area contributed by atoms with Crippen LogP contribution in [0.1, 0.15) is 18.4 Å². The van der Waals surface area contributed by atoms with Crippen molar-refractivity contribution in [3.8, 4) is 5.88 Å². The molecule has 0 aromatic carbocycles. The number of nitrogens with zero attached hydrogens (tertiary/aromatic N) is 3. The summed E-state index contributed by atoms with van der Waals surface area (Å²) in [7, 11) is 0. The van der Waals surface area contributed by atoms with Crippen LogP contribution in [0.4, 0.5) is 4.39 Å². The maximum atomic E-state index is 13.9. The predicted octanol–water partition coefficient (Wildman–Crippen LogP) is 2.43. The first kappa shape index (κ1) is 15.5. The lowest BCUT2D eigenvalue weighted by Gasteiger charge is -2.31. The van der Waals surface area contributed by atoms with Gasteiger partial charge in [0.15, 0.2) is 5.82 Å². The van der Waals surface area contributed by atoms with Gasteiger partial charge in [-0.1, -0.05) is 0 Å². The summed E-state index contributed by atoms with van der Waals surface area (Å²) in [6.07, 6.45) is 6.87. The summed E-state index contributed by atoms with van der Waals surface area (Å²) < 4.78 is 25.8. The molecule has 0 N–H and O–H groups in total. The van der Waals surface area contributed by atoms with E-state index in [2.05, 4.69) is 14.9 Å². The largest absolute Gasteiger partial charge is 0.468 e. The van der Waals surface area contributed by atoms with E-state index in [9.17, 15) is 4.39 Å². The topological polar surface area (TPSA) is 47.5 Å². The summed E-state index contributed by atoms with van der Waals surface area (Å²) in [4.78, 5) is 10.5. The van der Waals surface area contributed by atoms with E-state index in [0.717, 1.165) is 25.9 Å². The van der Waals surface area contributed by atoms with Crippen LogP contribution in [-0.2, 0) is 11.3 Å². The number of halogens is 1. The summed E-state index contributed by atoms with van der Waals surface area (Å²) in [6.45, 7) is 2.32. The van der Waals surface area contributed by atoms with Crippen molar-refractivity contribution < 1.29 is 13.9 Å². The molecule has 5 nitrogen and oxygen atoms in total. The van der Waals surface area contributed by atoms with Crippen LogP contribution < -0.4 is 4.74 Å². The highest BCUT2D eigenvalue weighted by Gasteiger charge is 2.44. The zero-order valence-electron chi connectivity index (χ0n) is 13.3. The van der Waals surface area contributed by atoms with E-state index in [1.54, 1.807) is 24.7 Å². The first-order chi connectivity index (χ1) is 11.8. The van der Waals surface area contributed by atoms with Crippen molar-refractivity contribution in [1.82, 2.24) is 14.9 Å². The lowest BCUT2D eigenvalue weighted by molar-refractivity contribution is 0.000138. The molecule has 1 saturated carbocycles. The Hall–Kier alpha value is -2.05. The second-order valence-corrected chi connectivity index (χ2v) is 6.25. The third kappa shape index (κ3) is 3.12. The molecule has 126 valence electrons. The first-order valence-electron chi connectivity index (χ1n) is 8.33. The van der Waals surface area contributed by atoms with Crippen molar-refractivity contribution in [2.45, 2.75) is 37.6 Å². The number of pyridine rings is 2. The predicted molar refractivity (Wildman–Crippen MR) is 86.0 cm³/mol. The summed E-state index contributed by atoms with van der Waals surface area (Å²) in [6, 6.07) is 7.18. The van der Waals surface area contributed by atoms with Gasteiger partial charge in [0, 0.05) is 37.7 Å². The molecule has 0 amide bonds. The second kappa shape index (κ2) is 6.83. The van der Waals surface area contributed by atoms with E-state index in [4.69, 9.17) is 9.47 Å². The average Bonchev–Trinajstić information content (AvgIpc) is 2.91. The summed E-state index contributed by atoms with van der Waals surface area (Å²) in [5, 5.41) is 0. The maximum absolute atomic E-state index is 13.9. The normalized spacial score (nSPS) is 27.0. The van der Waals surface area contributed by atoms with Crippen molar-refractivity contribution >= 4 is 0 Å². The van der Waals surface area contributed by atoms with Crippen LogP contribution in [0.3, 0.4) is 0 Å². The molecule has 3 heterocycles. The standard InChI is InChI=1S/C18H20FN3O2/c19-14-2-1-7-21-18(14)24-17-15-3-4-16(17)23-11-10-22(15)12-13-5-8-20-9-6-13/h1-2,5-9,15-17H,3-4,10-12H2/t15-,16-,17-/m1/s1. The molecule has 2 fully saturated rings. The average molecular weight is 329 g/mol. The van der Waals surface area contributed by atoms with Crippen molar-refractivity contribution in [3.05, 3.63) is 54.2 Å². The Bertz CT molecular complexity index is 685. The molecule has 6 heteroatoms. The van der Waals surface area contributed by atoms with Crippen LogP contribution in [0.2, 0.25) is 0 Å². The number of fused-ring (bicyclic) bond motifs is 2. The molecule has 0 unspecified atom stereocenters. The van der Waals surface area contributed by atoms with Gasteiger partial charge in [-0.2, -0.15) is 0 Å². The van der Waals surface area contributed by atoms with Gasteiger partial charge >= 0.3 is 0 Å². The fraction of sp³-hybridized carbons (Fsp3) is 0.444. The molecule has 2 bridgehead atoms. The Labute approximate surface area is 140 Å². The number of hydrogen-bond acceptors (Lipinski definition) is 5. The van der Waals surface area contributed by atoms with Crippen LogP contribution in [0, 0.1) is 5.82 Å². The number of rotatable bonds is 4. The third-order valence-electron chi connectivity index (χ3n) is 4.78. The van der Waals surface area contributed by atoms with Gasteiger partial charge in [0.1, 0.15) is 6.10 Å². The minimum atomic E-state index is -0.429. The van der Waals surface area contributed by atoms with Crippen LogP contribution in [-0.4, -0.2) is 46.3 Å². The van der Waals surface area contributed by atoms with Crippen molar-refractivity contribution in [2.75, 3.05) is 13.2 Å². The van der Waals surface area contributed by atoms with Gasteiger partial charge in [-0.3, -0.25) is 9.88 Å². The maximum Gasteiger partial charge on any atom is 0.250 e. The van der Waals surface area contributed by atoms with E-state index >= 15 is 0 Å². The monoisotopic (exact) mass is 329 g/mol. The lowest BCUT2D eigenvalue weighted by Crippen LogP contribution is -2.44. The van der Waals surface area contributed by atoms with E-state index in [-0.39, 0.29) is 24.1 Å². The number of aromatic nitrogens is 2. The molecule has 0 spiro atoms. The molecule has 2 aromatic rings. The molecule has 2 aromatic heterocycles. The molecule has 0 radical (unpaired) electrons. The zero-order chi connectivity index (χ0) is 16.4. The van der Waals surface area contributed by atoms with Crippen LogP contribution in [0.15, 0.2) is 42.9 Å². The highest BCUT2D eigenvalue weighted by atomic mass is 19.1. The molecule has 24 heavy (non-hydrogen) atoms. The van der Waals surface area contributed by atoms with Crippen LogP contribution in [0.25, 0.3) is 0 Å². The third-order valence-corrected chi connectivity index (χ3v) is 4.78. The SMILES string of the molecule is Fc1cccnc1O[C@@H]1[C@H]2CC[C@H]1OCCN2Cc1ccncc1. The van der Waals surface area contributed by atoms with Crippen molar-refractivity contribution in [1.29, 1.82) is 0 Å². The van der Waals surface area contributed by atoms with Crippen LogP contribution in [0.5, 0.6) is 5.88 Å². The smallest absolute Gasteiger partial charge is 0.250 e. The summed E-state index contributed by atoms with van der Waals surface area (Å²) >= 11 is 0.